The van der Waals surface area contributed by atoms with Gasteiger partial charge in [-0.05, 0) is 10.4 Å². The van der Waals surface area contributed by atoms with E-state index < -0.39 is 0 Å². The van der Waals surface area contributed by atoms with Crippen molar-refractivity contribution in [2.24, 2.45) is 7.05 Å². The highest BCUT2D eigenvalue weighted by atomic mass is 35.5. The molecule has 13 heavy (non-hydrogen) atoms. The minimum atomic E-state index is 0.0244. The number of ether oxygens (including phenoxy) is 1. The van der Waals surface area contributed by atoms with E-state index in [9.17, 15) is 0 Å². The highest BCUT2D eigenvalue weighted by molar-refractivity contribution is 6.18. The summed E-state index contributed by atoms with van der Waals surface area (Å²) in [4.78, 5) is 0. The molecule has 1 heterocycles. The Labute approximate surface area is 81.2 Å². The van der Waals surface area contributed by atoms with Gasteiger partial charge in [-0.25, -0.2) is 4.68 Å². The Bertz CT molecular complexity index is 253. The van der Waals surface area contributed by atoms with Crippen molar-refractivity contribution in [1.82, 2.24) is 20.2 Å². The van der Waals surface area contributed by atoms with Gasteiger partial charge in [-0.2, -0.15) is 0 Å². The summed E-state index contributed by atoms with van der Waals surface area (Å²) in [6, 6.07) is 0.0244. The van der Waals surface area contributed by atoms with Crippen molar-refractivity contribution < 1.29 is 4.74 Å². The molecule has 1 N–H and O–H groups in total. The summed E-state index contributed by atoms with van der Waals surface area (Å²) in [6.45, 7) is 0.524. The van der Waals surface area contributed by atoms with Gasteiger partial charge in [0.25, 0.3) is 0 Å². The lowest BCUT2D eigenvalue weighted by Gasteiger charge is -2.13. The van der Waals surface area contributed by atoms with Crippen LogP contribution in [-0.2, 0) is 11.8 Å². The average Bonchev–Trinajstić information content (AvgIpc) is 2.51. The van der Waals surface area contributed by atoms with Crippen molar-refractivity contribution in [2.75, 3.05) is 24.9 Å². The van der Waals surface area contributed by atoms with Gasteiger partial charge in [0.05, 0.1) is 12.6 Å². The number of nitrogens with one attached hydrogen (secondary N) is 1. The molecule has 0 aliphatic carbocycles. The van der Waals surface area contributed by atoms with Crippen LogP contribution in [0.5, 0.6) is 0 Å². The maximum atomic E-state index is 5.70. The molecule has 0 aromatic carbocycles. The van der Waals surface area contributed by atoms with E-state index in [0.29, 0.717) is 18.4 Å². The monoisotopic (exact) mass is 205 g/mol. The summed E-state index contributed by atoms with van der Waals surface area (Å²) < 4.78 is 6.50. The van der Waals surface area contributed by atoms with Crippen LogP contribution in [0.3, 0.4) is 0 Å². The van der Waals surface area contributed by atoms with Gasteiger partial charge in [0, 0.05) is 20.0 Å². The average molecular weight is 206 g/mol. The number of methoxy groups -OCH3 is 1. The number of hydrogen-bond donors (Lipinski definition) is 1. The maximum absolute atomic E-state index is 5.70. The van der Waals surface area contributed by atoms with Crippen molar-refractivity contribution in [3.05, 3.63) is 0 Å². The van der Waals surface area contributed by atoms with Crippen LogP contribution < -0.4 is 5.32 Å². The molecular formula is C6H12ClN5O. The Morgan fingerprint density at radius 2 is 2.46 bits per heavy atom. The predicted octanol–water partition coefficient (Wildman–Crippen LogP) is -0.124. The zero-order valence-electron chi connectivity index (χ0n) is 7.57. The fourth-order valence-electron chi connectivity index (χ4n) is 0.860. The molecule has 1 rings (SSSR count). The van der Waals surface area contributed by atoms with Crippen molar-refractivity contribution in [1.29, 1.82) is 0 Å². The molecule has 74 valence electrons. The highest BCUT2D eigenvalue weighted by Crippen LogP contribution is 2.01. The summed E-state index contributed by atoms with van der Waals surface area (Å²) in [5, 5.41) is 14.0. The van der Waals surface area contributed by atoms with Crippen LogP contribution in [0, 0.1) is 0 Å². The van der Waals surface area contributed by atoms with Crippen molar-refractivity contribution in [3.8, 4) is 0 Å². The van der Waals surface area contributed by atoms with E-state index in [1.54, 1.807) is 14.2 Å². The molecule has 0 fully saturated rings. The fourth-order valence-corrected chi connectivity index (χ4v) is 1.03. The Morgan fingerprint density at radius 3 is 2.92 bits per heavy atom. The van der Waals surface area contributed by atoms with Gasteiger partial charge in [0.1, 0.15) is 0 Å². The Hall–Kier alpha value is -0.880. The molecular weight excluding hydrogens is 194 g/mol. The molecule has 0 bridgehead atoms. The van der Waals surface area contributed by atoms with Crippen LogP contribution in [-0.4, -0.2) is 45.8 Å². The lowest BCUT2D eigenvalue weighted by Crippen LogP contribution is -2.28. The van der Waals surface area contributed by atoms with Gasteiger partial charge in [-0.3, -0.25) is 0 Å². The SMILES string of the molecule is COCC(CCl)Nc1nnnn1C. The number of anilines is 1. The molecule has 0 saturated heterocycles. The number of halogens is 1. The van der Waals surface area contributed by atoms with E-state index in [0.717, 1.165) is 0 Å². The Kier molecular flexibility index (Phi) is 3.91. The number of hydrogen-bond acceptors (Lipinski definition) is 5. The Balaban J connectivity index is 2.51. The molecule has 6 nitrogen and oxygen atoms in total. The first-order valence-corrected chi connectivity index (χ1v) is 4.35. The van der Waals surface area contributed by atoms with Crippen LogP contribution in [0.25, 0.3) is 0 Å². The number of alkyl halides is 1. The second kappa shape index (κ2) is 4.98. The summed E-state index contributed by atoms with van der Waals surface area (Å²) in [5.74, 6) is 1.03. The third-order valence-corrected chi connectivity index (χ3v) is 1.88. The van der Waals surface area contributed by atoms with Crippen LogP contribution >= 0.6 is 11.6 Å². The summed E-state index contributed by atoms with van der Waals surface area (Å²) in [6.07, 6.45) is 0. The first-order valence-electron chi connectivity index (χ1n) is 3.81. The minimum Gasteiger partial charge on any atom is -0.383 e. The molecule has 1 atom stereocenters. The standard InChI is InChI=1S/C6H12ClN5O/c1-12-6(9-10-11-12)8-5(3-7)4-13-2/h5H,3-4H2,1-2H3,(H,8,9,11). The summed E-state index contributed by atoms with van der Waals surface area (Å²) in [5.41, 5.74) is 0. The van der Waals surface area contributed by atoms with Gasteiger partial charge in [0.15, 0.2) is 0 Å². The van der Waals surface area contributed by atoms with Gasteiger partial charge in [-0.1, -0.05) is 5.10 Å². The third kappa shape index (κ3) is 2.82. The quantitative estimate of drug-likeness (QED) is 0.679. The third-order valence-electron chi connectivity index (χ3n) is 1.51. The van der Waals surface area contributed by atoms with Gasteiger partial charge in [0.2, 0.25) is 5.95 Å². The highest BCUT2D eigenvalue weighted by Gasteiger charge is 2.09. The van der Waals surface area contributed by atoms with Gasteiger partial charge >= 0.3 is 0 Å². The number of tetrazole rings is 1. The molecule has 0 radical (unpaired) electrons. The molecule has 0 aliphatic rings. The van der Waals surface area contributed by atoms with Crippen LogP contribution in [0.2, 0.25) is 0 Å². The topological polar surface area (TPSA) is 64.9 Å². The molecule has 0 spiro atoms. The van der Waals surface area contributed by atoms with Crippen LogP contribution in [0.1, 0.15) is 0 Å². The molecule has 0 amide bonds. The smallest absolute Gasteiger partial charge is 0.242 e. The van der Waals surface area contributed by atoms with E-state index in [-0.39, 0.29) is 6.04 Å². The largest absolute Gasteiger partial charge is 0.383 e. The number of rotatable bonds is 5. The molecule has 1 unspecified atom stereocenters. The summed E-state index contributed by atoms with van der Waals surface area (Å²) in [7, 11) is 3.37. The lowest BCUT2D eigenvalue weighted by atomic mass is 10.4. The predicted molar refractivity (Wildman–Crippen MR) is 48.8 cm³/mol. The fraction of sp³-hybridized carbons (Fsp3) is 0.833. The molecule has 1 aromatic rings. The molecule has 7 heteroatoms. The first-order chi connectivity index (χ1) is 6.27. The van der Waals surface area contributed by atoms with E-state index in [2.05, 4.69) is 20.8 Å². The van der Waals surface area contributed by atoms with E-state index in [1.165, 1.54) is 4.68 Å². The zero-order chi connectivity index (χ0) is 9.68. The number of aromatic nitrogens is 4. The van der Waals surface area contributed by atoms with Crippen LogP contribution in [0.4, 0.5) is 5.95 Å². The molecule has 1 aromatic heterocycles. The van der Waals surface area contributed by atoms with Gasteiger partial charge < -0.3 is 10.1 Å². The molecule has 0 aliphatic heterocycles. The van der Waals surface area contributed by atoms with Crippen LogP contribution in [0.15, 0.2) is 0 Å². The first kappa shape index (κ1) is 10.2. The lowest BCUT2D eigenvalue weighted by molar-refractivity contribution is 0.191. The maximum Gasteiger partial charge on any atom is 0.242 e. The number of aryl methyl sites for hydroxylation is 1. The minimum absolute atomic E-state index is 0.0244. The summed E-state index contributed by atoms with van der Waals surface area (Å²) >= 11 is 5.70. The normalized spacial score (nSPS) is 12.8. The second-order valence-corrected chi connectivity index (χ2v) is 2.89. The van der Waals surface area contributed by atoms with Gasteiger partial charge in [-0.15, -0.1) is 11.6 Å². The van der Waals surface area contributed by atoms with E-state index in [1.807, 2.05) is 0 Å². The molecule has 0 saturated carbocycles. The van der Waals surface area contributed by atoms with E-state index >= 15 is 0 Å². The number of nitrogens with zero attached hydrogens (tertiary/aromatic N) is 4. The van der Waals surface area contributed by atoms with Crippen molar-refractivity contribution >= 4 is 17.5 Å². The zero-order valence-corrected chi connectivity index (χ0v) is 8.32. The van der Waals surface area contributed by atoms with Crippen molar-refractivity contribution in [3.63, 3.8) is 0 Å². The van der Waals surface area contributed by atoms with Crippen molar-refractivity contribution in [2.45, 2.75) is 6.04 Å². The second-order valence-electron chi connectivity index (χ2n) is 2.58. The van der Waals surface area contributed by atoms with E-state index in [4.69, 9.17) is 16.3 Å². The Morgan fingerprint density at radius 1 is 1.69 bits per heavy atom.